The van der Waals surface area contributed by atoms with Crippen molar-refractivity contribution in [3.05, 3.63) is 47.8 Å². The van der Waals surface area contributed by atoms with E-state index < -0.39 is 5.82 Å². The van der Waals surface area contributed by atoms with E-state index in [4.69, 9.17) is 4.74 Å². The van der Waals surface area contributed by atoms with Crippen LogP contribution in [0, 0.1) is 5.82 Å². The zero-order chi connectivity index (χ0) is 12.3. The number of H-pyrrole nitrogens is 1. The van der Waals surface area contributed by atoms with Crippen LogP contribution in [0.15, 0.2) is 30.6 Å². The predicted molar refractivity (Wildman–Crippen MR) is 59.6 cm³/mol. The molecule has 1 heterocycles. The van der Waals surface area contributed by atoms with E-state index in [9.17, 15) is 9.18 Å². The number of methoxy groups -OCH3 is 1. The van der Waals surface area contributed by atoms with Gasteiger partial charge in [0.05, 0.1) is 13.5 Å². The summed E-state index contributed by atoms with van der Waals surface area (Å²) in [4.78, 5) is 18.6. The number of carbonyl (C=O) groups excluding carboxylic acids is 1. The number of hydrogen-bond donors (Lipinski definition) is 1. The number of Topliss-reactive ketones (excluding diaryl/α,β-unsaturated/α-hetero) is 1. The normalized spacial score (nSPS) is 10.2. The Labute approximate surface area is 97.5 Å². The van der Waals surface area contributed by atoms with Crippen LogP contribution in [-0.4, -0.2) is 22.9 Å². The average molecular weight is 234 g/mol. The van der Waals surface area contributed by atoms with Gasteiger partial charge in [-0.3, -0.25) is 4.79 Å². The van der Waals surface area contributed by atoms with Gasteiger partial charge in [0.1, 0.15) is 5.82 Å². The van der Waals surface area contributed by atoms with E-state index in [0.717, 1.165) is 0 Å². The van der Waals surface area contributed by atoms with E-state index in [1.165, 1.54) is 25.3 Å². The summed E-state index contributed by atoms with van der Waals surface area (Å²) in [5.74, 6) is -0.0509. The highest BCUT2D eigenvalue weighted by Gasteiger charge is 2.11. The first-order valence-electron chi connectivity index (χ1n) is 5.05. The molecule has 0 unspecified atom stereocenters. The lowest BCUT2D eigenvalue weighted by Crippen LogP contribution is -2.05. The van der Waals surface area contributed by atoms with Crippen molar-refractivity contribution in [3.63, 3.8) is 0 Å². The minimum atomic E-state index is -0.544. The topological polar surface area (TPSA) is 55.0 Å². The third kappa shape index (κ3) is 2.50. The number of aromatic amines is 1. The zero-order valence-electron chi connectivity index (χ0n) is 9.24. The van der Waals surface area contributed by atoms with Crippen molar-refractivity contribution in [1.82, 2.24) is 9.97 Å². The summed E-state index contributed by atoms with van der Waals surface area (Å²) >= 11 is 0. The monoisotopic (exact) mass is 234 g/mol. The lowest BCUT2D eigenvalue weighted by molar-refractivity contribution is 0.0990. The maximum atomic E-state index is 13.4. The molecule has 0 amide bonds. The minimum absolute atomic E-state index is 0.124. The Hall–Kier alpha value is -2.17. The molecule has 2 aromatic rings. The van der Waals surface area contributed by atoms with Crippen molar-refractivity contribution in [3.8, 4) is 5.75 Å². The summed E-state index contributed by atoms with van der Waals surface area (Å²) in [6, 6.07) is 4.14. The predicted octanol–water partition coefficient (Wildman–Crippen LogP) is 1.98. The highest BCUT2D eigenvalue weighted by Crippen LogP contribution is 2.18. The van der Waals surface area contributed by atoms with Crippen molar-refractivity contribution in [1.29, 1.82) is 0 Å². The largest absolute Gasteiger partial charge is 0.494 e. The van der Waals surface area contributed by atoms with Gasteiger partial charge >= 0.3 is 0 Å². The maximum absolute atomic E-state index is 13.4. The van der Waals surface area contributed by atoms with Crippen molar-refractivity contribution in [2.24, 2.45) is 0 Å². The number of ketones is 1. The molecular weight excluding hydrogens is 223 g/mol. The first-order valence-corrected chi connectivity index (χ1v) is 5.05. The van der Waals surface area contributed by atoms with E-state index >= 15 is 0 Å². The molecule has 1 N–H and O–H groups in total. The molecule has 0 saturated carbocycles. The molecule has 0 saturated heterocycles. The molecule has 0 atom stereocenters. The third-order valence-corrected chi connectivity index (χ3v) is 2.36. The van der Waals surface area contributed by atoms with Crippen molar-refractivity contribution >= 4 is 5.78 Å². The Balaban J connectivity index is 2.17. The molecule has 0 fully saturated rings. The van der Waals surface area contributed by atoms with Crippen LogP contribution in [0.1, 0.15) is 16.2 Å². The number of ether oxygens (including phenoxy) is 1. The van der Waals surface area contributed by atoms with E-state index in [0.29, 0.717) is 11.4 Å². The smallest absolute Gasteiger partial charge is 0.170 e. The Kier molecular flexibility index (Phi) is 3.18. The second-order valence-corrected chi connectivity index (χ2v) is 3.49. The van der Waals surface area contributed by atoms with Crippen LogP contribution in [0.3, 0.4) is 0 Å². The third-order valence-electron chi connectivity index (χ3n) is 2.36. The van der Waals surface area contributed by atoms with E-state index in [1.807, 2.05) is 0 Å². The van der Waals surface area contributed by atoms with Crippen molar-refractivity contribution in [2.75, 3.05) is 7.11 Å². The number of carbonyl (C=O) groups is 1. The van der Waals surface area contributed by atoms with Gasteiger partial charge in [0.2, 0.25) is 0 Å². The summed E-state index contributed by atoms with van der Waals surface area (Å²) in [5.41, 5.74) is 0.305. The molecular formula is C12H11FN2O2. The van der Waals surface area contributed by atoms with Crippen LogP contribution in [0.4, 0.5) is 4.39 Å². The molecule has 0 aliphatic rings. The van der Waals surface area contributed by atoms with Crippen LogP contribution < -0.4 is 4.74 Å². The highest BCUT2D eigenvalue weighted by atomic mass is 19.1. The summed E-state index contributed by atoms with van der Waals surface area (Å²) in [6.45, 7) is 0. The van der Waals surface area contributed by atoms with Gasteiger partial charge in [-0.1, -0.05) is 0 Å². The maximum Gasteiger partial charge on any atom is 0.170 e. The Morgan fingerprint density at radius 2 is 2.35 bits per heavy atom. The molecule has 0 bridgehead atoms. The highest BCUT2D eigenvalue weighted by molar-refractivity contribution is 5.97. The Morgan fingerprint density at radius 3 is 2.94 bits per heavy atom. The fourth-order valence-corrected chi connectivity index (χ4v) is 1.49. The van der Waals surface area contributed by atoms with Gasteiger partial charge < -0.3 is 9.72 Å². The lowest BCUT2D eigenvalue weighted by atomic mass is 10.1. The zero-order valence-corrected chi connectivity index (χ0v) is 9.24. The Bertz CT molecular complexity index is 523. The summed E-state index contributed by atoms with van der Waals surface area (Å²) in [5, 5.41) is 0. The summed E-state index contributed by atoms with van der Waals surface area (Å²) < 4.78 is 18.2. The minimum Gasteiger partial charge on any atom is -0.494 e. The molecule has 2 rings (SSSR count). The number of halogens is 1. The van der Waals surface area contributed by atoms with Crippen LogP contribution >= 0.6 is 0 Å². The van der Waals surface area contributed by atoms with Gasteiger partial charge in [-0.2, -0.15) is 0 Å². The number of rotatable bonds is 4. The first-order chi connectivity index (χ1) is 8.20. The fourth-order valence-electron chi connectivity index (χ4n) is 1.49. The van der Waals surface area contributed by atoms with Crippen molar-refractivity contribution < 1.29 is 13.9 Å². The molecule has 0 aliphatic heterocycles. The number of hydrogen-bond acceptors (Lipinski definition) is 3. The molecule has 0 radical (unpaired) electrons. The SMILES string of the molecule is COc1ccc(C(=O)Cc2ncc[nH]2)cc1F. The summed E-state index contributed by atoms with van der Waals surface area (Å²) in [7, 11) is 1.38. The van der Waals surface area contributed by atoms with Gasteiger partial charge in [-0.05, 0) is 18.2 Å². The fraction of sp³-hybridized carbons (Fsp3) is 0.167. The lowest BCUT2D eigenvalue weighted by Gasteiger charge is -2.03. The van der Waals surface area contributed by atoms with Gasteiger partial charge in [0.25, 0.3) is 0 Å². The van der Waals surface area contributed by atoms with Gasteiger partial charge in [0.15, 0.2) is 17.3 Å². The number of benzene rings is 1. The van der Waals surface area contributed by atoms with E-state index in [1.54, 1.807) is 12.4 Å². The molecule has 1 aromatic carbocycles. The van der Waals surface area contributed by atoms with Gasteiger partial charge in [0, 0.05) is 18.0 Å². The second-order valence-electron chi connectivity index (χ2n) is 3.49. The summed E-state index contributed by atoms with van der Waals surface area (Å²) in [6.07, 6.45) is 3.33. The Morgan fingerprint density at radius 1 is 1.53 bits per heavy atom. The van der Waals surface area contributed by atoms with Gasteiger partial charge in [-0.15, -0.1) is 0 Å². The molecule has 5 heteroatoms. The first kappa shape index (κ1) is 11.3. The molecule has 1 aromatic heterocycles. The standard InChI is InChI=1S/C12H11FN2O2/c1-17-11-3-2-8(6-9(11)13)10(16)7-12-14-4-5-15-12/h2-6H,7H2,1H3,(H,14,15). The van der Waals surface area contributed by atoms with Crippen LogP contribution in [0.2, 0.25) is 0 Å². The molecule has 17 heavy (non-hydrogen) atoms. The van der Waals surface area contributed by atoms with Crippen LogP contribution in [-0.2, 0) is 6.42 Å². The molecule has 88 valence electrons. The number of nitrogens with one attached hydrogen (secondary N) is 1. The van der Waals surface area contributed by atoms with Crippen molar-refractivity contribution in [2.45, 2.75) is 6.42 Å². The van der Waals surface area contributed by atoms with Crippen LogP contribution in [0.5, 0.6) is 5.75 Å². The van der Waals surface area contributed by atoms with E-state index in [2.05, 4.69) is 9.97 Å². The second kappa shape index (κ2) is 4.78. The molecule has 0 aliphatic carbocycles. The number of imidazole rings is 1. The molecule has 4 nitrogen and oxygen atoms in total. The average Bonchev–Trinajstić information content (AvgIpc) is 2.81. The van der Waals surface area contributed by atoms with Gasteiger partial charge in [-0.25, -0.2) is 9.37 Å². The quantitative estimate of drug-likeness (QED) is 0.823. The van der Waals surface area contributed by atoms with E-state index in [-0.39, 0.29) is 18.0 Å². The van der Waals surface area contributed by atoms with Crippen LogP contribution in [0.25, 0.3) is 0 Å². The molecule has 0 spiro atoms. The number of aromatic nitrogens is 2. The number of nitrogens with zero attached hydrogens (tertiary/aromatic N) is 1.